The van der Waals surface area contributed by atoms with Gasteiger partial charge in [0.25, 0.3) is 0 Å². The third-order valence-electron chi connectivity index (χ3n) is 6.54. The number of rotatable bonds is 9. The maximum Gasteiger partial charge on any atom is 0.170 e. The Hall–Kier alpha value is -1.99. The molecule has 0 spiro atoms. The summed E-state index contributed by atoms with van der Waals surface area (Å²) in [5.74, 6) is 1.06. The normalized spacial score (nSPS) is 22.1. The molecule has 1 saturated heterocycles. The number of aromatic nitrogens is 1. The second kappa shape index (κ2) is 8.63. The Morgan fingerprint density at radius 3 is 2.90 bits per heavy atom. The summed E-state index contributed by atoms with van der Waals surface area (Å²) in [6.45, 7) is 3.32. The molecule has 5 nitrogen and oxygen atoms in total. The lowest BCUT2D eigenvalue weighted by Gasteiger charge is -2.21. The number of allylic oxidation sites excluding steroid dienone is 5. The van der Waals surface area contributed by atoms with Gasteiger partial charge >= 0.3 is 0 Å². The molecule has 4 aliphatic rings. The second-order valence-electron chi connectivity index (χ2n) is 8.77. The molecule has 2 fully saturated rings. The Morgan fingerprint density at radius 1 is 1.20 bits per heavy atom. The zero-order valence-electron chi connectivity index (χ0n) is 17.4. The zero-order valence-corrected chi connectivity index (χ0v) is 18.2. The van der Waals surface area contributed by atoms with E-state index in [4.69, 9.17) is 7.85 Å². The van der Waals surface area contributed by atoms with E-state index in [-0.39, 0.29) is 0 Å². The largest absolute Gasteiger partial charge is 0.302 e. The first-order chi connectivity index (χ1) is 14.7. The molecule has 0 bridgehead atoms. The number of nitrogens with one attached hydrogen (secondary N) is 1. The molecule has 7 heteroatoms. The fraction of sp³-hybridized carbons (Fsp3) is 0.478. The SMILES string of the molecule is [B]c1cc(N2CCN(CCC3(CCCC4=CC=C(C5=NN5)CC=C4)CC3)S2)ccn1. The molecule has 2 aliphatic heterocycles. The predicted octanol–water partition coefficient (Wildman–Crippen LogP) is 3.63. The van der Waals surface area contributed by atoms with Gasteiger partial charge in [-0.05, 0) is 73.7 Å². The smallest absolute Gasteiger partial charge is 0.170 e. The molecule has 5 rings (SSSR count). The van der Waals surface area contributed by atoms with Crippen LogP contribution in [0.1, 0.15) is 44.9 Å². The van der Waals surface area contributed by atoms with Crippen LogP contribution >= 0.6 is 12.1 Å². The number of hydrogen-bond acceptors (Lipinski definition) is 6. The van der Waals surface area contributed by atoms with Crippen LogP contribution in [0.2, 0.25) is 0 Å². The van der Waals surface area contributed by atoms with E-state index in [0.29, 0.717) is 11.0 Å². The summed E-state index contributed by atoms with van der Waals surface area (Å²) in [7, 11) is 5.84. The van der Waals surface area contributed by atoms with Gasteiger partial charge in [-0.3, -0.25) is 10.4 Å². The fourth-order valence-corrected chi connectivity index (χ4v) is 5.34. The maximum absolute atomic E-state index is 5.84. The van der Waals surface area contributed by atoms with E-state index in [1.807, 2.05) is 24.3 Å². The number of hydrogen-bond donors (Lipinski definition) is 1. The van der Waals surface area contributed by atoms with Crippen LogP contribution in [0.5, 0.6) is 0 Å². The van der Waals surface area contributed by atoms with E-state index in [2.05, 4.69) is 48.4 Å². The lowest BCUT2D eigenvalue weighted by Crippen LogP contribution is -2.18. The molecule has 0 amide bonds. The van der Waals surface area contributed by atoms with Gasteiger partial charge in [0.2, 0.25) is 0 Å². The molecule has 30 heavy (non-hydrogen) atoms. The molecule has 0 unspecified atom stereocenters. The Bertz CT molecular complexity index is 918. The lowest BCUT2D eigenvalue weighted by atomic mass is 9.93. The van der Waals surface area contributed by atoms with Gasteiger partial charge in [-0.15, -0.1) is 0 Å². The van der Waals surface area contributed by atoms with Crippen molar-refractivity contribution in [2.75, 3.05) is 23.9 Å². The predicted molar refractivity (Wildman–Crippen MR) is 127 cm³/mol. The minimum atomic E-state index is 0.590. The minimum Gasteiger partial charge on any atom is -0.302 e. The summed E-state index contributed by atoms with van der Waals surface area (Å²) in [4.78, 5) is 4.10. The summed E-state index contributed by atoms with van der Waals surface area (Å²) in [6.07, 6.45) is 19.8. The van der Waals surface area contributed by atoms with Gasteiger partial charge in [-0.25, -0.2) is 4.31 Å². The first kappa shape index (κ1) is 19.9. The molecule has 0 atom stereocenters. The first-order valence-electron chi connectivity index (χ1n) is 11.0. The molecule has 3 heterocycles. The van der Waals surface area contributed by atoms with Gasteiger partial charge in [0.05, 0.1) is 5.69 Å². The van der Waals surface area contributed by atoms with E-state index >= 15 is 0 Å². The van der Waals surface area contributed by atoms with E-state index in [1.165, 1.54) is 56.2 Å². The van der Waals surface area contributed by atoms with Crippen molar-refractivity contribution in [2.24, 2.45) is 10.5 Å². The highest BCUT2D eigenvalue weighted by atomic mass is 32.2. The number of hydrazone groups is 1. The summed E-state index contributed by atoms with van der Waals surface area (Å²) in [5.41, 5.74) is 8.05. The molecule has 1 aromatic heterocycles. The van der Waals surface area contributed by atoms with E-state index in [9.17, 15) is 0 Å². The molecular formula is C23H28BN5S. The van der Waals surface area contributed by atoms with Crippen molar-refractivity contribution in [2.45, 2.75) is 44.9 Å². The number of anilines is 1. The van der Waals surface area contributed by atoms with Gasteiger partial charge < -0.3 is 4.31 Å². The van der Waals surface area contributed by atoms with Crippen molar-refractivity contribution in [3.05, 3.63) is 53.8 Å². The van der Waals surface area contributed by atoms with Crippen LogP contribution in [-0.2, 0) is 0 Å². The average Bonchev–Trinajstić information content (AvgIpc) is 3.66. The molecule has 1 saturated carbocycles. The maximum atomic E-state index is 5.84. The van der Waals surface area contributed by atoms with Crippen molar-refractivity contribution in [3.8, 4) is 0 Å². The number of pyridine rings is 1. The molecule has 1 aromatic rings. The lowest BCUT2D eigenvalue weighted by molar-refractivity contribution is 0.363. The van der Waals surface area contributed by atoms with E-state index in [1.54, 1.807) is 6.20 Å². The molecule has 2 aliphatic carbocycles. The van der Waals surface area contributed by atoms with Crippen LogP contribution < -0.4 is 15.3 Å². The van der Waals surface area contributed by atoms with Crippen molar-refractivity contribution < 1.29 is 0 Å². The fourth-order valence-electron chi connectivity index (χ4n) is 4.36. The summed E-state index contributed by atoms with van der Waals surface area (Å²) >= 11 is 1.84. The molecule has 154 valence electrons. The van der Waals surface area contributed by atoms with Crippen molar-refractivity contribution in [1.82, 2.24) is 14.7 Å². The summed E-state index contributed by atoms with van der Waals surface area (Å²) in [5, 5.41) is 4.09. The van der Waals surface area contributed by atoms with Gasteiger partial charge in [-0.2, -0.15) is 5.10 Å². The van der Waals surface area contributed by atoms with Gasteiger partial charge in [0, 0.05) is 43.5 Å². The van der Waals surface area contributed by atoms with E-state index in [0.717, 1.165) is 31.0 Å². The van der Waals surface area contributed by atoms with Gasteiger partial charge in [0.15, 0.2) is 5.84 Å². The highest BCUT2D eigenvalue weighted by molar-refractivity contribution is 7.98. The van der Waals surface area contributed by atoms with Crippen LogP contribution in [0.3, 0.4) is 0 Å². The Morgan fingerprint density at radius 2 is 2.10 bits per heavy atom. The average molecular weight is 417 g/mol. The van der Waals surface area contributed by atoms with Crippen LogP contribution in [0.25, 0.3) is 0 Å². The highest BCUT2D eigenvalue weighted by Crippen LogP contribution is 2.53. The quantitative estimate of drug-likeness (QED) is 0.491. The Labute approximate surface area is 185 Å². The summed E-state index contributed by atoms with van der Waals surface area (Å²) < 4.78 is 4.83. The zero-order chi connectivity index (χ0) is 20.4. The van der Waals surface area contributed by atoms with Crippen LogP contribution in [-0.4, -0.2) is 42.6 Å². The van der Waals surface area contributed by atoms with Crippen LogP contribution in [0, 0.1) is 5.41 Å². The van der Waals surface area contributed by atoms with Gasteiger partial charge in [0.1, 0.15) is 7.85 Å². The minimum absolute atomic E-state index is 0.590. The third-order valence-corrected chi connectivity index (χ3v) is 7.72. The Kier molecular flexibility index (Phi) is 5.74. The van der Waals surface area contributed by atoms with Gasteiger partial charge in [-0.1, -0.05) is 24.3 Å². The first-order valence-corrected chi connectivity index (χ1v) is 11.7. The van der Waals surface area contributed by atoms with E-state index < -0.39 is 0 Å². The van der Waals surface area contributed by atoms with Crippen molar-refractivity contribution in [1.29, 1.82) is 0 Å². The topological polar surface area (TPSA) is 53.7 Å². The molecule has 1 N–H and O–H groups in total. The van der Waals surface area contributed by atoms with Crippen molar-refractivity contribution >= 4 is 37.1 Å². The van der Waals surface area contributed by atoms with Crippen LogP contribution in [0.15, 0.2) is 58.9 Å². The second-order valence-corrected chi connectivity index (χ2v) is 9.89. The van der Waals surface area contributed by atoms with Crippen LogP contribution in [0.4, 0.5) is 5.69 Å². The molecule has 0 aromatic carbocycles. The number of amidine groups is 1. The monoisotopic (exact) mass is 417 g/mol. The Balaban J connectivity index is 1.05. The third kappa shape index (κ3) is 5.01. The summed E-state index contributed by atoms with van der Waals surface area (Å²) in [6, 6.07) is 4.00. The molecule has 2 radical (unpaired) electrons. The van der Waals surface area contributed by atoms with Crippen molar-refractivity contribution in [3.63, 3.8) is 0 Å². The standard InChI is InChI=1S/C23H28BN5S/c24-21-17-20(8-13-25-21)29-16-15-28(30-29)14-12-23(10-11-23)9-2-4-18-3-1-5-19(7-6-18)22-26-27-22/h1,3,6-8,13,17H,2,4-5,9-12,14-16H2,(H,26,27). The molecular weight excluding hydrogens is 389 g/mol. The highest BCUT2D eigenvalue weighted by Gasteiger charge is 2.41. The number of nitrogens with zero attached hydrogens (tertiary/aromatic N) is 4.